The number of nitrogens with two attached hydrogens (primary N) is 1. The molecule has 1 aliphatic carbocycles. The van der Waals surface area contributed by atoms with E-state index in [1.165, 1.54) is 25.0 Å². The molecule has 0 bridgehead atoms. The van der Waals surface area contributed by atoms with E-state index >= 15 is 0 Å². The predicted molar refractivity (Wildman–Crippen MR) is 66.3 cm³/mol. The van der Waals surface area contributed by atoms with Crippen LogP contribution in [0.4, 0.5) is 0 Å². The van der Waals surface area contributed by atoms with Crippen molar-refractivity contribution in [2.75, 3.05) is 0 Å². The van der Waals surface area contributed by atoms with E-state index in [1.54, 1.807) is 0 Å². The Bertz CT molecular complexity index is 379. The van der Waals surface area contributed by atoms with Gasteiger partial charge in [-0.25, -0.2) is 4.98 Å². The van der Waals surface area contributed by atoms with Crippen LogP contribution in [0.15, 0.2) is 6.33 Å². The average molecular weight is 221 g/mol. The van der Waals surface area contributed by atoms with Crippen LogP contribution in [0.5, 0.6) is 0 Å². The van der Waals surface area contributed by atoms with E-state index in [9.17, 15) is 0 Å². The molecule has 16 heavy (non-hydrogen) atoms. The first-order valence-electron chi connectivity index (χ1n) is 6.19. The number of nitrogens with zero attached hydrogens (tertiary/aromatic N) is 2. The zero-order valence-electron chi connectivity index (χ0n) is 10.8. The largest absolute Gasteiger partial charge is 0.330 e. The smallest absolute Gasteiger partial charge is 0.0954 e. The van der Waals surface area contributed by atoms with Crippen LogP contribution in [0.25, 0.3) is 0 Å². The molecule has 90 valence electrons. The van der Waals surface area contributed by atoms with Crippen molar-refractivity contribution < 1.29 is 0 Å². The van der Waals surface area contributed by atoms with Gasteiger partial charge in [0.25, 0.3) is 0 Å². The van der Waals surface area contributed by atoms with Gasteiger partial charge in [-0.15, -0.1) is 0 Å². The number of hydrogen-bond donors (Lipinski definition) is 1. The SMILES string of the molecule is Cc1ncn(C2CCCC(C)(C)C2N)c1C. The molecule has 0 amide bonds. The summed E-state index contributed by atoms with van der Waals surface area (Å²) in [6.45, 7) is 8.76. The van der Waals surface area contributed by atoms with Crippen LogP contribution in [0.2, 0.25) is 0 Å². The lowest BCUT2D eigenvalue weighted by molar-refractivity contribution is 0.141. The van der Waals surface area contributed by atoms with Gasteiger partial charge in [-0.2, -0.15) is 0 Å². The zero-order valence-corrected chi connectivity index (χ0v) is 10.8. The van der Waals surface area contributed by atoms with Crippen molar-refractivity contribution in [1.29, 1.82) is 0 Å². The Kier molecular flexibility index (Phi) is 2.82. The van der Waals surface area contributed by atoms with E-state index in [0.29, 0.717) is 6.04 Å². The number of rotatable bonds is 1. The Morgan fingerprint density at radius 3 is 2.69 bits per heavy atom. The fourth-order valence-electron chi connectivity index (χ4n) is 2.80. The standard InChI is InChI=1S/C13H23N3/c1-9-10(2)16(8-15-9)11-6-5-7-13(3,4)12(11)14/h8,11-12H,5-7,14H2,1-4H3. The van der Waals surface area contributed by atoms with Gasteiger partial charge < -0.3 is 10.3 Å². The maximum Gasteiger partial charge on any atom is 0.0954 e. The molecule has 2 N–H and O–H groups in total. The third-order valence-corrected chi connectivity index (χ3v) is 4.28. The van der Waals surface area contributed by atoms with Crippen molar-refractivity contribution in [2.45, 2.75) is 59.0 Å². The first kappa shape index (κ1) is 11.6. The zero-order chi connectivity index (χ0) is 11.9. The van der Waals surface area contributed by atoms with Crippen molar-refractivity contribution in [3.05, 3.63) is 17.7 Å². The first-order chi connectivity index (χ1) is 7.43. The number of aryl methyl sites for hydroxylation is 1. The molecule has 1 aliphatic rings. The number of imidazole rings is 1. The van der Waals surface area contributed by atoms with Crippen molar-refractivity contribution in [1.82, 2.24) is 9.55 Å². The van der Waals surface area contributed by atoms with Crippen LogP contribution in [-0.2, 0) is 0 Å². The third-order valence-electron chi connectivity index (χ3n) is 4.28. The van der Waals surface area contributed by atoms with Crippen LogP contribution < -0.4 is 5.73 Å². The second kappa shape index (κ2) is 3.88. The molecule has 1 aromatic heterocycles. The molecule has 0 radical (unpaired) electrons. The fraction of sp³-hybridized carbons (Fsp3) is 0.769. The molecule has 1 aromatic rings. The van der Waals surface area contributed by atoms with Crippen LogP contribution >= 0.6 is 0 Å². The highest BCUT2D eigenvalue weighted by Crippen LogP contribution is 2.40. The van der Waals surface area contributed by atoms with E-state index in [0.717, 1.165) is 5.69 Å². The van der Waals surface area contributed by atoms with Gasteiger partial charge in [-0.1, -0.05) is 20.3 Å². The van der Waals surface area contributed by atoms with Gasteiger partial charge in [0, 0.05) is 11.7 Å². The molecule has 0 spiro atoms. The van der Waals surface area contributed by atoms with Gasteiger partial charge in [-0.05, 0) is 32.1 Å². The van der Waals surface area contributed by atoms with E-state index in [-0.39, 0.29) is 11.5 Å². The Balaban J connectivity index is 2.30. The molecule has 3 heteroatoms. The molecule has 0 aromatic carbocycles. The topological polar surface area (TPSA) is 43.8 Å². The highest BCUT2D eigenvalue weighted by Gasteiger charge is 2.37. The summed E-state index contributed by atoms with van der Waals surface area (Å²) in [7, 11) is 0. The summed E-state index contributed by atoms with van der Waals surface area (Å²) in [4.78, 5) is 4.38. The summed E-state index contributed by atoms with van der Waals surface area (Å²) in [5.41, 5.74) is 9.04. The minimum absolute atomic E-state index is 0.230. The highest BCUT2D eigenvalue weighted by molar-refractivity contribution is 5.11. The van der Waals surface area contributed by atoms with Crippen LogP contribution in [0, 0.1) is 19.3 Å². The lowest BCUT2D eigenvalue weighted by Crippen LogP contribution is -2.47. The van der Waals surface area contributed by atoms with Crippen LogP contribution in [-0.4, -0.2) is 15.6 Å². The normalized spacial score (nSPS) is 29.3. The monoisotopic (exact) mass is 221 g/mol. The van der Waals surface area contributed by atoms with E-state index in [1.807, 2.05) is 6.33 Å². The van der Waals surface area contributed by atoms with Gasteiger partial charge in [0.2, 0.25) is 0 Å². The Hall–Kier alpha value is -0.830. The van der Waals surface area contributed by atoms with Crippen LogP contribution in [0.3, 0.4) is 0 Å². The molecule has 1 saturated carbocycles. The molecule has 0 saturated heterocycles. The van der Waals surface area contributed by atoms with Crippen molar-refractivity contribution in [3.8, 4) is 0 Å². The summed E-state index contributed by atoms with van der Waals surface area (Å²) in [6, 6.07) is 0.651. The van der Waals surface area contributed by atoms with Gasteiger partial charge in [-0.3, -0.25) is 0 Å². The molecule has 1 fully saturated rings. The summed E-state index contributed by atoms with van der Waals surface area (Å²) in [6.07, 6.45) is 5.64. The molecule has 2 atom stereocenters. The van der Waals surface area contributed by atoms with Gasteiger partial charge in [0.15, 0.2) is 0 Å². The Labute approximate surface area is 98.1 Å². The van der Waals surface area contributed by atoms with Gasteiger partial charge >= 0.3 is 0 Å². The van der Waals surface area contributed by atoms with Crippen LogP contribution in [0.1, 0.15) is 50.5 Å². The lowest BCUT2D eigenvalue weighted by atomic mass is 9.71. The molecule has 2 unspecified atom stereocenters. The minimum Gasteiger partial charge on any atom is -0.330 e. The molecule has 2 rings (SSSR count). The van der Waals surface area contributed by atoms with Crippen molar-refractivity contribution in [3.63, 3.8) is 0 Å². The third kappa shape index (κ3) is 1.77. The van der Waals surface area contributed by atoms with E-state index < -0.39 is 0 Å². The number of aromatic nitrogens is 2. The second-order valence-corrected chi connectivity index (χ2v) is 5.80. The summed E-state index contributed by atoms with van der Waals surface area (Å²) in [5, 5.41) is 0. The van der Waals surface area contributed by atoms with Gasteiger partial charge in [0.1, 0.15) is 0 Å². The lowest BCUT2D eigenvalue weighted by Gasteiger charge is -2.42. The fourth-order valence-corrected chi connectivity index (χ4v) is 2.80. The maximum atomic E-state index is 6.42. The molecule has 1 heterocycles. The Morgan fingerprint density at radius 1 is 1.44 bits per heavy atom. The molecular weight excluding hydrogens is 198 g/mol. The molecule has 3 nitrogen and oxygen atoms in total. The number of hydrogen-bond acceptors (Lipinski definition) is 2. The average Bonchev–Trinajstić information content (AvgIpc) is 2.53. The van der Waals surface area contributed by atoms with E-state index in [2.05, 4.69) is 37.2 Å². The quantitative estimate of drug-likeness (QED) is 0.792. The summed E-state index contributed by atoms with van der Waals surface area (Å²) in [5.74, 6) is 0. The second-order valence-electron chi connectivity index (χ2n) is 5.80. The van der Waals surface area contributed by atoms with E-state index in [4.69, 9.17) is 5.73 Å². The van der Waals surface area contributed by atoms with Crippen molar-refractivity contribution in [2.24, 2.45) is 11.1 Å². The highest BCUT2D eigenvalue weighted by atomic mass is 15.1. The summed E-state index contributed by atoms with van der Waals surface area (Å²) >= 11 is 0. The van der Waals surface area contributed by atoms with Crippen molar-refractivity contribution >= 4 is 0 Å². The van der Waals surface area contributed by atoms with Gasteiger partial charge in [0.05, 0.1) is 18.1 Å². The minimum atomic E-state index is 0.230. The predicted octanol–water partition coefficient (Wildman–Crippen LogP) is 2.58. The molecule has 0 aliphatic heterocycles. The first-order valence-corrected chi connectivity index (χ1v) is 6.19. The Morgan fingerprint density at radius 2 is 2.12 bits per heavy atom. The summed E-state index contributed by atoms with van der Waals surface area (Å²) < 4.78 is 2.28. The maximum absolute atomic E-state index is 6.42. The molecular formula is C13H23N3.